The topological polar surface area (TPSA) is 12.0 Å². The van der Waals surface area contributed by atoms with Gasteiger partial charge >= 0.3 is 0 Å². The Bertz CT molecular complexity index is 314. The second-order valence-electron chi connectivity index (χ2n) is 1.97. The van der Waals surface area contributed by atoms with Gasteiger partial charge in [0, 0.05) is 0 Å². The fraction of sp³-hybridized carbons (Fsp3) is 0. The average Bonchev–Trinajstić information content (AvgIpc) is 2.01. The molecule has 0 fully saturated rings. The van der Waals surface area contributed by atoms with E-state index in [2.05, 4.69) is 23.0 Å². The number of hydrogen-bond acceptors (Lipinski definition) is 1. The quantitative estimate of drug-likeness (QED) is 0.477. The maximum Gasteiger partial charge on any atom is 0.138 e. The summed E-state index contributed by atoms with van der Waals surface area (Å²) in [6, 6.07) is 3.13. The number of anilines is 1. The SMILES string of the molecule is S=[C]Nc1cc(Cl)c(Cl)cc1Cl. The summed E-state index contributed by atoms with van der Waals surface area (Å²) >= 11 is 21.7. The highest BCUT2D eigenvalue weighted by Gasteiger charge is 2.03. The molecule has 5 heteroatoms. The first-order valence-corrected chi connectivity index (χ1v) is 4.47. The van der Waals surface area contributed by atoms with Gasteiger partial charge in [0.15, 0.2) is 0 Å². The van der Waals surface area contributed by atoms with Gasteiger partial charge in [-0.25, -0.2) is 0 Å². The third kappa shape index (κ3) is 2.23. The lowest BCUT2D eigenvalue weighted by molar-refractivity contribution is 1.66. The molecule has 0 unspecified atom stereocenters. The lowest BCUT2D eigenvalue weighted by Gasteiger charge is -2.03. The average molecular weight is 240 g/mol. The Morgan fingerprint density at radius 1 is 1.08 bits per heavy atom. The van der Waals surface area contributed by atoms with E-state index in [4.69, 9.17) is 34.8 Å². The fourth-order valence-corrected chi connectivity index (χ4v) is 1.38. The zero-order chi connectivity index (χ0) is 9.14. The minimum atomic E-state index is 0.414. The van der Waals surface area contributed by atoms with Gasteiger partial charge in [-0.3, -0.25) is 0 Å². The monoisotopic (exact) mass is 238 g/mol. The van der Waals surface area contributed by atoms with E-state index in [0.717, 1.165) is 0 Å². The zero-order valence-electron chi connectivity index (χ0n) is 5.70. The van der Waals surface area contributed by atoms with E-state index in [0.29, 0.717) is 20.8 Å². The third-order valence-electron chi connectivity index (χ3n) is 1.20. The Morgan fingerprint density at radius 2 is 1.67 bits per heavy atom. The summed E-state index contributed by atoms with van der Waals surface area (Å²) in [5.41, 5.74) is 2.92. The van der Waals surface area contributed by atoms with Crippen molar-refractivity contribution < 1.29 is 0 Å². The first-order chi connectivity index (χ1) is 5.65. The van der Waals surface area contributed by atoms with Gasteiger partial charge in [0.05, 0.1) is 20.8 Å². The largest absolute Gasteiger partial charge is 0.343 e. The minimum absolute atomic E-state index is 0.414. The van der Waals surface area contributed by atoms with Gasteiger partial charge in [0.2, 0.25) is 0 Å². The second kappa shape index (κ2) is 4.28. The molecule has 0 spiro atoms. The molecule has 0 heterocycles. The maximum atomic E-state index is 5.79. The van der Waals surface area contributed by atoms with Crippen LogP contribution in [0.25, 0.3) is 0 Å². The molecular weight excluding hydrogens is 237 g/mol. The number of hydrogen-bond donors (Lipinski definition) is 1. The van der Waals surface area contributed by atoms with Crippen molar-refractivity contribution in [2.75, 3.05) is 5.32 Å². The normalized spacial score (nSPS) is 9.58. The number of benzene rings is 1. The summed E-state index contributed by atoms with van der Waals surface area (Å²) in [5.74, 6) is 0. The molecule has 0 aliphatic rings. The second-order valence-corrected chi connectivity index (χ2v) is 3.40. The first kappa shape index (κ1) is 10.1. The number of halogens is 3. The number of thiocarbonyl (C=S) groups is 1. The van der Waals surface area contributed by atoms with Crippen molar-refractivity contribution in [1.82, 2.24) is 0 Å². The van der Waals surface area contributed by atoms with Gasteiger partial charge in [-0.2, -0.15) is 0 Å². The van der Waals surface area contributed by atoms with E-state index in [-0.39, 0.29) is 0 Å². The van der Waals surface area contributed by atoms with Gasteiger partial charge in [-0.15, -0.1) is 0 Å². The van der Waals surface area contributed by atoms with Crippen molar-refractivity contribution in [2.24, 2.45) is 0 Å². The van der Waals surface area contributed by atoms with E-state index in [1.807, 2.05) is 0 Å². The van der Waals surface area contributed by atoms with Gasteiger partial charge in [-0.1, -0.05) is 47.0 Å². The van der Waals surface area contributed by atoms with Crippen molar-refractivity contribution in [2.45, 2.75) is 0 Å². The Kier molecular flexibility index (Phi) is 3.59. The van der Waals surface area contributed by atoms with Crippen molar-refractivity contribution >= 4 is 58.2 Å². The van der Waals surface area contributed by atoms with Crippen LogP contribution in [0.3, 0.4) is 0 Å². The molecular formula is C7H3Cl3NS. The summed E-state index contributed by atoms with van der Waals surface area (Å²) in [7, 11) is 0. The summed E-state index contributed by atoms with van der Waals surface area (Å²) in [6.07, 6.45) is 0. The molecule has 0 aliphatic carbocycles. The highest BCUT2D eigenvalue weighted by Crippen LogP contribution is 2.31. The fourth-order valence-electron chi connectivity index (χ4n) is 0.673. The zero-order valence-corrected chi connectivity index (χ0v) is 8.78. The van der Waals surface area contributed by atoms with E-state index < -0.39 is 0 Å². The smallest absolute Gasteiger partial charge is 0.138 e. The molecule has 1 nitrogen and oxygen atoms in total. The van der Waals surface area contributed by atoms with E-state index in [9.17, 15) is 0 Å². The lowest BCUT2D eigenvalue weighted by atomic mass is 10.3. The molecule has 0 aliphatic heterocycles. The third-order valence-corrected chi connectivity index (χ3v) is 2.33. The van der Waals surface area contributed by atoms with Gasteiger partial charge in [0.1, 0.15) is 5.49 Å². The highest BCUT2D eigenvalue weighted by atomic mass is 35.5. The van der Waals surface area contributed by atoms with Crippen LogP contribution in [0.15, 0.2) is 12.1 Å². The Labute approximate surface area is 90.6 Å². The lowest BCUT2D eigenvalue weighted by Crippen LogP contribution is -1.92. The molecule has 0 bridgehead atoms. The Morgan fingerprint density at radius 3 is 2.25 bits per heavy atom. The molecule has 1 N–H and O–H groups in total. The van der Waals surface area contributed by atoms with Crippen LogP contribution < -0.4 is 5.32 Å². The molecule has 0 atom stereocenters. The number of rotatable bonds is 2. The standard InChI is InChI=1S/C7H3Cl3NS/c8-4-1-6(10)7(11-3-12)2-5(4)9/h1-2H,(H,11,12). The van der Waals surface area contributed by atoms with Gasteiger partial charge < -0.3 is 5.32 Å². The molecule has 63 valence electrons. The molecule has 12 heavy (non-hydrogen) atoms. The predicted octanol–water partition coefficient (Wildman–Crippen LogP) is 3.89. The van der Waals surface area contributed by atoms with Crippen molar-refractivity contribution in [1.29, 1.82) is 0 Å². The van der Waals surface area contributed by atoms with Crippen molar-refractivity contribution in [3.05, 3.63) is 27.2 Å². The van der Waals surface area contributed by atoms with Crippen LogP contribution in [0.4, 0.5) is 5.69 Å². The molecule has 1 radical (unpaired) electrons. The van der Waals surface area contributed by atoms with E-state index in [1.54, 1.807) is 12.1 Å². The molecule has 0 amide bonds. The Balaban J connectivity index is 3.13. The molecule has 1 aromatic rings. The first-order valence-electron chi connectivity index (χ1n) is 2.93. The highest BCUT2D eigenvalue weighted by molar-refractivity contribution is 7.79. The molecule has 1 rings (SSSR count). The molecule has 0 aromatic heterocycles. The molecule has 0 saturated carbocycles. The van der Waals surface area contributed by atoms with Crippen LogP contribution in [-0.2, 0) is 0 Å². The van der Waals surface area contributed by atoms with Gasteiger partial charge in [0.25, 0.3) is 0 Å². The molecule has 0 saturated heterocycles. The van der Waals surface area contributed by atoms with Crippen molar-refractivity contribution in [3.63, 3.8) is 0 Å². The summed E-state index contributed by atoms with van der Waals surface area (Å²) in [5, 5.41) is 3.93. The Hall–Kier alpha value is -0.0200. The van der Waals surface area contributed by atoms with E-state index >= 15 is 0 Å². The van der Waals surface area contributed by atoms with Crippen LogP contribution in [0, 0.1) is 0 Å². The van der Waals surface area contributed by atoms with Crippen LogP contribution in [0.5, 0.6) is 0 Å². The van der Waals surface area contributed by atoms with Crippen LogP contribution in [0.2, 0.25) is 15.1 Å². The summed E-state index contributed by atoms with van der Waals surface area (Å²) in [6.45, 7) is 0. The number of nitrogens with one attached hydrogen (secondary N) is 1. The minimum Gasteiger partial charge on any atom is -0.343 e. The van der Waals surface area contributed by atoms with Crippen LogP contribution in [-0.4, -0.2) is 5.49 Å². The predicted molar refractivity (Wildman–Crippen MR) is 57.7 cm³/mol. The summed E-state index contributed by atoms with van der Waals surface area (Å²) < 4.78 is 0. The van der Waals surface area contributed by atoms with E-state index in [1.165, 1.54) is 0 Å². The summed E-state index contributed by atoms with van der Waals surface area (Å²) in [4.78, 5) is 0. The van der Waals surface area contributed by atoms with Crippen molar-refractivity contribution in [3.8, 4) is 0 Å². The van der Waals surface area contributed by atoms with Crippen LogP contribution >= 0.6 is 47.0 Å². The molecule has 1 aromatic carbocycles. The van der Waals surface area contributed by atoms with Gasteiger partial charge in [-0.05, 0) is 12.1 Å². The van der Waals surface area contributed by atoms with Crippen LogP contribution in [0.1, 0.15) is 0 Å². The maximum absolute atomic E-state index is 5.79.